The van der Waals surface area contributed by atoms with Gasteiger partial charge in [0.05, 0.1) is 12.0 Å². The molecule has 2 aromatic carbocycles. The minimum atomic E-state index is -0.281. The summed E-state index contributed by atoms with van der Waals surface area (Å²) in [5.74, 6) is -0.426. The molecule has 1 fully saturated rings. The van der Waals surface area contributed by atoms with E-state index in [-0.39, 0.29) is 18.0 Å². The Morgan fingerprint density at radius 3 is 2.80 bits per heavy atom. The normalized spacial score (nSPS) is 18.6. The zero-order valence-corrected chi connectivity index (χ0v) is 15.1. The second-order valence-electron chi connectivity index (χ2n) is 6.96. The summed E-state index contributed by atoms with van der Waals surface area (Å²) in [6.07, 6.45) is 2.93. The van der Waals surface area contributed by atoms with Crippen LogP contribution in [0.4, 0.5) is 0 Å². The van der Waals surface area contributed by atoms with Gasteiger partial charge < -0.3 is 14.4 Å². The molecule has 4 nitrogen and oxygen atoms in total. The van der Waals surface area contributed by atoms with Crippen molar-refractivity contribution in [1.82, 2.24) is 4.90 Å². The van der Waals surface area contributed by atoms with Gasteiger partial charge in [-0.3, -0.25) is 4.79 Å². The smallest absolute Gasteiger partial charge is 0.313 e. The van der Waals surface area contributed by atoms with Crippen LogP contribution in [0.25, 0.3) is 10.8 Å². The van der Waals surface area contributed by atoms with Crippen LogP contribution in [0.15, 0.2) is 42.5 Å². The van der Waals surface area contributed by atoms with Crippen LogP contribution in [-0.2, 0) is 14.3 Å². The molecule has 4 heteroatoms. The fraction of sp³-hybridized carbons (Fsp3) is 0.476. The molecule has 1 aliphatic heterocycles. The molecule has 0 aromatic heterocycles. The van der Waals surface area contributed by atoms with E-state index in [1.54, 1.807) is 0 Å². The van der Waals surface area contributed by atoms with Crippen molar-refractivity contribution in [2.24, 2.45) is 0 Å². The molecule has 1 saturated heterocycles. The number of likely N-dealkylation sites (N-methyl/N-ethyl adjacent to an activating group) is 1. The summed E-state index contributed by atoms with van der Waals surface area (Å²) in [6.45, 7) is 1.94. The molecule has 0 radical (unpaired) electrons. The first-order chi connectivity index (χ1) is 12.1. The fourth-order valence-corrected chi connectivity index (χ4v) is 3.43. The van der Waals surface area contributed by atoms with E-state index in [9.17, 15) is 4.79 Å². The number of carbonyl (C=O) groups is 1. The summed E-state index contributed by atoms with van der Waals surface area (Å²) in [7, 11) is 3.95. The lowest BCUT2D eigenvalue weighted by Gasteiger charge is -2.21. The fourth-order valence-electron chi connectivity index (χ4n) is 3.43. The first-order valence-corrected chi connectivity index (χ1v) is 9.06. The number of ether oxygens (including phenoxy) is 2. The highest BCUT2D eigenvalue weighted by atomic mass is 16.5. The number of esters is 1. The lowest BCUT2D eigenvalue weighted by molar-refractivity contribution is -0.146. The largest absolute Gasteiger partial charge is 0.464 e. The lowest BCUT2D eigenvalue weighted by Crippen LogP contribution is -2.25. The van der Waals surface area contributed by atoms with Crippen molar-refractivity contribution < 1.29 is 14.3 Å². The molecular weight excluding hydrogens is 314 g/mol. The van der Waals surface area contributed by atoms with Crippen molar-refractivity contribution in [3.8, 4) is 0 Å². The Morgan fingerprint density at radius 1 is 1.24 bits per heavy atom. The molecule has 0 spiro atoms. The molecule has 0 amide bonds. The van der Waals surface area contributed by atoms with E-state index in [1.807, 2.05) is 37.2 Å². The van der Waals surface area contributed by atoms with E-state index in [1.165, 1.54) is 0 Å². The van der Waals surface area contributed by atoms with Crippen molar-refractivity contribution in [1.29, 1.82) is 0 Å². The third-order valence-electron chi connectivity index (χ3n) is 4.79. The monoisotopic (exact) mass is 341 g/mol. The van der Waals surface area contributed by atoms with Crippen LogP contribution in [0.1, 0.15) is 30.7 Å². The van der Waals surface area contributed by atoms with Gasteiger partial charge >= 0.3 is 5.97 Å². The second kappa shape index (κ2) is 8.45. The molecule has 0 bridgehead atoms. The third-order valence-corrected chi connectivity index (χ3v) is 4.79. The van der Waals surface area contributed by atoms with Gasteiger partial charge in [-0.25, -0.2) is 0 Å². The molecule has 0 unspecified atom stereocenters. The highest BCUT2D eigenvalue weighted by Gasteiger charge is 2.29. The first kappa shape index (κ1) is 17.9. The first-order valence-electron chi connectivity index (χ1n) is 9.06. The Kier molecular flexibility index (Phi) is 6.05. The number of fused-ring (bicyclic) bond motifs is 1. The SMILES string of the molecule is CN(C)CCOC(=O)[C@H](C[C@@H]1CCCO1)c1cccc2ccccc12. The maximum Gasteiger partial charge on any atom is 0.313 e. The second-order valence-corrected chi connectivity index (χ2v) is 6.96. The minimum absolute atomic E-state index is 0.144. The van der Waals surface area contributed by atoms with Crippen LogP contribution in [-0.4, -0.2) is 50.8 Å². The Morgan fingerprint density at radius 2 is 2.04 bits per heavy atom. The van der Waals surface area contributed by atoms with E-state index in [0.29, 0.717) is 13.0 Å². The van der Waals surface area contributed by atoms with Crippen LogP contribution in [0.2, 0.25) is 0 Å². The Hall–Kier alpha value is -1.91. The number of hydrogen-bond donors (Lipinski definition) is 0. The molecule has 0 aliphatic carbocycles. The van der Waals surface area contributed by atoms with E-state index in [4.69, 9.17) is 9.47 Å². The summed E-state index contributed by atoms with van der Waals surface area (Å²) in [5, 5.41) is 2.27. The zero-order valence-electron chi connectivity index (χ0n) is 15.1. The van der Waals surface area contributed by atoms with E-state index in [2.05, 4.69) is 24.3 Å². The number of benzene rings is 2. The van der Waals surface area contributed by atoms with Crippen molar-refractivity contribution in [2.45, 2.75) is 31.3 Å². The van der Waals surface area contributed by atoms with Crippen molar-refractivity contribution in [3.63, 3.8) is 0 Å². The quantitative estimate of drug-likeness (QED) is 0.721. The zero-order chi connectivity index (χ0) is 17.6. The number of rotatable bonds is 7. The lowest BCUT2D eigenvalue weighted by atomic mass is 9.88. The van der Waals surface area contributed by atoms with Gasteiger partial charge in [0.2, 0.25) is 0 Å². The van der Waals surface area contributed by atoms with Gasteiger partial charge in [-0.1, -0.05) is 42.5 Å². The number of hydrogen-bond acceptors (Lipinski definition) is 4. The van der Waals surface area contributed by atoms with E-state index >= 15 is 0 Å². The van der Waals surface area contributed by atoms with Gasteiger partial charge in [0, 0.05) is 13.2 Å². The number of nitrogens with zero attached hydrogens (tertiary/aromatic N) is 1. The maximum absolute atomic E-state index is 12.9. The maximum atomic E-state index is 12.9. The van der Waals surface area contributed by atoms with Crippen LogP contribution in [0.3, 0.4) is 0 Å². The molecule has 1 heterocycles. The summed E-state index contributed by atoms with van der Waals surface area (Å²) in [5.41, 5.74) is 1.04. The third kappa shape index (κ3) is 4.59. The molecule has 2 aromatic rings. The Balaban J connectivity index is 1.85. The molecule has 0 saturated carbocycles. The highest BCUT2D eigenvalue weighted by molar-refractivity contribution is 5.91. The molecule has 2 atom stereocenters. The summed E-state index contributed by atoms with van der Waals surface area (Å²) in [6, 6.07) is 14.4. The van der Waals surface area contributed by atoms with E-state index < -0.39 is 0 Å². The number of carbonyl (C=O) groups excluding carboxylic acids is 1. The summed E-state index contributed by atoms with van der Waals surface area (Å²) >= 11 is 0. The predicted octanol–water partition coefficient (Wildman–Crippen LogP) is 3.60. The van der Waals surface area contributed by atoms with Gasteiger partial charge in [-0.15, -0.1) is 0 Å². The molecule has 1 aliphatic rings. The van der Waals surface area contributed by atoms with Crippen LogP contribution in [0, 0.1) is 0 Å². The van der Waals surface area contributed by atoms with Crippen molar-refractivity contribution >= 4 is 16.7 Å². The highest BCUT2D eigenvalue weighted by Crippen LogP contribution is 2.32. The van der Waals surface area contributed by atoms with E-state index in [0.717, 1.165) is 42.3 Å². The van der Waals surface area contributed by atoms with Gasteiger partial charge in [-0.2, -0.15) is 0 Å². The standard InChI is InChI=1S/C21H27NO3/c1-22(2)12-14-25-21(23)20(15-17-9-6-13-24-17)19-11-5-8-16-7-3-4-10-18(16)19/h3-5,7-8,10-11,17,20H,6,9,12-15H2,1-2H3/t17-,20+/m0/s1. The van der Waals surface area contributed by atoms with Crippen LogP contribution < -0.4 is 0 Å². The molecular formula is C21H27NO3. The molecule has 25 heavy (non-hydrogen) atoms. The Bertz CT molecular complexity index is 702. The average Bonchev–Trinajstić information content (AvgIpc) is 3.12. The Labute approximate surface area is 149 Å². The minimum Gasteiger partial charge on any atom is -0.464 e. The van der Waals surface area contributed by atoms with Gasteiger partial charge in [-0.05, 0) is 49.7 Å². The summed E-state index contributed by atoms with van der Waals surface area (Å²) < 4.78 is 11.4. The molecule has 134 valence electrons. The average molecular weight is 341 g/mol. The van der Waals surface area contributed by atoms with Gasteiger partial charge in [0.25, 0.3) is 0 Å². The van der Waals surface area contributed by atoms with Gasteiger partial charge in [0.15, 0.2) is 0 Å². The van der Waals surface area contributed by atoms with Gasteiger partial charge in [0.1, 0.15) is 6.61 Å². The molecule has 3 rings (SSSR count). The topological polar surface area (TPSA) is 38.8 Å². The van der Waals surface area contributed by atoms with Crippen molar-refractivity contribution in [2.75, 3.05) is 33.9 Å². The predicted molar refractivity (Wildman–Crippen MR) is 99.8 cm³/mol. The summed E-state index contributed by atoms with van der Waals surface area (Å²) in [4.78, 5) is 14.9. The van der Waals surface area contributed by atoms with Crippen LogP contribution in [0.5, 0.6) is 0 Å². The van der Waals surface area contributed by atoms with Crippen molar-refractivity contribution in [3.05, 3.63) is 48.0 Å². The molecule has 0 N–H and O–H groups in total. The van der Waals surface area contributed by atoms with Crippen LogP contribution >= 0.6 is 0 Å².